The van der Waals surface area contributed by atoms with E-state index in [1.54, 1.807) is 0 Å². The van der Waals surface area contributed by atoms with Crippen LogP contribution in [0.5, 0.6) is 0 Å². The van der Waals surface area contributed by atoms with Crippen molar-refractivity contribution >= 4 is 0 Å². The van der Waals surface area contributed by atoms with Gasteiger partial charge in [-0.25, -0.2) is 0 Å². The highest BCUT2D eigenvalue weighted by Gasteiger charge is 2.24. The van der Waals surface area contributed by atoms with E-state index in [2.05, 4.69) is 0 Å². The molecule has 0 aromatic carbocycles. The van der Waals surface area contributed by atoms with Crippen molar-refractivity contribution in [2.45, 2.75) is 63.6 Å². The van der Waals surface area contributed by atoms with Gasteiger partial charge in [0.2, 0.25) is 0 Å². The molecule has 1 aliphatic carbocycles. The Morgan fingerprint density at radius 3 is 2.57 bits per heavy atom. The van der Waals surface area contributed by atoms with Crippen LogP contribution in [0.15, 0.2) is 0 Å². The van der Waals surface area contributed by atoms with Gasteiger partial charge in [0.05, 0.1) is 12.2 Å². The van der Waals surface area contributed by atoms with Crippen LogP contribution in [0.2, 0.25) is 0 Å². The van der Waals surface area contributed by atoms with Gasteiger partial charge < -0.3 is 9.84 Å². The SMILES string of the molecule is OC1CCCCC1CCC1CCCO1. The van der Waals surface area contributed by atoms with Gasteiger partial charge in [-0.15, -0.1) is 0 Å². The first-order valence-electron chi connectivity index (χ1n) is 6.16. The van der Waals surface area contributed by atoms with Gasteiger partial charge in [0.15, 0.2) is 0 Å². The monoisotopic (exact) mass is 198 g/mol. The van der Waals surface area contributed by atoms with Crippen molar-refractivity contribution in [3.8, 4) is 0 Å². The first kappa shape index (κ1) is 10.4. The van der Waals surface area contributed by atoms with Gasteiger partial charge in [-0.2, -0.15) is 0 Å². The smallest absolute Gasteiger partial charge is 0.0576 e. The second-order valence-electron chi connectivity index (χ2n) is 4.82. The quantitative estimate of drug-likeness (QED) is 0.755. The number of rotatable bonds is 3. The Hall–Kier alpha value is -0.0800. The van der Waals surface area contributed by atoms with Crippen molar-refractivity contribution in [3.63, 3.8) is 0 Å². The van der Waals surface area contributed by atoms with E-state index in [9.17, 15) is 5.11 Å². The summed E-state index contributed by atoms with van der Waals surface area (Å²) in [5.41, 5.74) is 0. The van der Waals surface area contributed by atoms with Crippen LogP contribution >= 0.6 is 0 Å². The van der Waals surface area contributed by atoms with Gasteiger partial charge in [0, 0.05) is 6.61 Å². The molecule has 1 saturated heterocycles. The van der Waals surface area contributed by atoms with E-state index < -0.39 is 0 Å². The van der Waals surface area contributed by atoms with Gasteiger partial charge in [-0.05, 0) is 44.4 Å². The largest absolute Gasteiger partial charge is 0.393 e. The topological polar surface area (TPSA) is 29.5 Å². The van der Waals surface area contributed by atoms with Crippen molar-refractivity contribution < 1.29 is 9.84 Å². The van der Waals surface area contributed by atoms with E-state index in [1.165, 1.54) is 44.9 Å². The van der Waals surface area contributed by atoms with Gasteiger partial charge in [-0.3, -0.25) is 0 Å². The number of aliphatic hydroxyl groups excluding tert-OH is 1. The zero-order chi connectivity index (χ0) is 9.80. The van der Waals surface area contributed by atoms with Crippen LogP contribution in [0.3, 0.4) is 0 Å². The maximum atomic E-state index is 9.80. The molecule has 2 nitrogen and oxygen atoms in total. The summed E-state index contributed by atoms with van der Waals surface area (Å²) in [6.45, 7) is 0.956. The van der Waals surface area contributed by atoms with Gasteiger partial charge in [-0.1, -0.05) is 12.8 Å². The highest BCUT2D eigenvalue weighted by molar-refractivity contribution is 4.76. The summed E-state index contributed by atoms with van der Waals surface area (Å²) in [7, 11) is 0. The van der Waals surface area contributed by atoms with Crippen LogP contribution in [0, 0.1) is 5.92 Å². The average Bonchev–Trinajstić information content (AvgIpc) is 2.69. The van der Waals surface area contributed by atoms with Crippen LogP contribution in [0.4, 0.5) is 0 Å². The third-order valence-corrected chi connectivity index (χ3v) is 3.75. The minimum Gasteiger partial charge on any atom is -0.393 e. The number of ether oxygens (including phenoxy) is 1. The summed E-state index contributed by atoms with van der Waals surface area (Å²) in [6, 6.07) is 0. The normalized spacial score (nSPS) is 38.8. The predicted octanol–water partition coefficient (Wildman–Crippen LogP) is 2.50. The van der Waals surface area contributed by atoms with E-state index in [0.717, 1.165) is 13.0 Å². The summed E-state index contributed by atoms with van der Waals surface area (Å²) in [5, 5.41) is 9.80. The molecule has 0 bridgehead atoms. The molecular formula is C12H22O2. The molecule has 0 spiro atoms. The molecule has 1 heterocycles. The Morgan fingerprint density at radius 2 is 1.86 bits per heavy atom. The molecule has 0 aromatic heterocycles. The third kappa shape index (κ3) is 2.71. The van der Waals surface area contributed by atoms with Crippen LogP contribution in [-0.2, 0) is 4.74 Å². The number of aliphatic hydroxyl groups is 1. The second kappa shape index (κ2) is 5.13. The fourth-order valence-electron chi connectivity index (χ4n) is 2.80. The van der Waals surface area contributed by atoms with Crippen molar-refractivity contribution in [3.05, 3.63) is 0 Å². The summed E-state index contributed by atoms with van der Waals surface area (Å²) in [5.74, 6) is 0.563. The lowest BCUT2D eigenvalue weighted by Gasteiger charge is -2.28. The second-order valence-corrected chi connectivity index (χ2v) is 4.82. The molecule has 0 amide bonds. The Kier molecular flexibility index (Phi) is 3.82. The lowest BCUT2D eigenvalue weighted by Crippen LogP contribution is -2.25. The van der Waals surface area contributed by atoms with E-state index in [4.69, 9.17) is 4.74 Å². The van der Waals surface area contributed by atoms with Gasteiger partial charge in [0.1, 0.15) is 0 Å². The molecule has 2 aliphatic rings. The summed E-state index contributed by atoms with van der Waals surface area (Å²) < 4.78 is 5.60. The van der Waals surface area contributed by atoms with E-state index in [-0.39, 0.29) is 6.10 Å². The van der Waals surface area contributed by atoms with Crippen molar-refractivity contribution in [2.75, 3.05) is 6.61 Å². The first-order chi connectivity index (χ1) is 6.86. The van der Waals surface area contributed by atoms with E-state index >= 15 is 0 Å². The Morgan fingerprint density at radius 1 is 1.00 bits per heavy atom. The van der Waals surface area contributed by atoms with Gasteiger partial charge in [0.25, 0.3) is 0 Å². The minimum absolute atomic E-state index is 0.0230. The molecular weight excluding hydrogens is 176 g/mol. The molecule has 2 rings (SSSR count). The van der Waals surface area contributed by atoms with E-state index in [1.807, 2.05) is 0 Å². The molecule has 3 atom stereocenters. The Labute approximate surface area is 86.6 Å². The number of hydrogen-bond donors (Lipinski definition) is 1. The minimum atomic E-state index is -0.0230. The summed E-state index contributed by atoms with van der Waals surface area (Å²) in [6.07, 6.45) is 10.1. The molecule has 82 valence electrons. The average molecular weight is 198 g/mol. The lowest BCUT2D eigenvalue weighted by atomic mass is 9.83. The zero-order valence-electron chi connectivity index (χ0n) is 8.95. The Bertz CT molecular complexity index is 164. The highest BCUT2D eigenvalue weighted by atomic mass is 16.5. The number of hydrogen-bond acceptors (Lipinski definition) is 2. The summed E-state index contributed by atoms with van der Waals surface area (Å²) >= 11 is 0. The maximum Gasteiger partial charge on any atom is 0.0576 e. The third-order valence-electron chi connectivity index (χ3n) is 3.75. The van der Waals surface area contributed by atoms with Crippen LogP contribution in [0.1, 0.15) is 51.4 Å². The first-order valence-corrected chi connectivity index (χ1v) is 6.16. The molecule has 1 saturated carbocycles. The molecule has 2 fully saturated rings. The molecule has 1 aliphatic heterocycles. The predicted molar refractivity (Wildman–Crippen MR) is 56.2 cm³/mol. The maximum absolute atomic E-state index is 9.80. The highest BCUT2D eigenvalue weighted by Crippen LogP contribution is 2.30. The van der Waals surface area contributed by atoms with E-state index in [0.29, 0.717) is 12.0 Å². The van der Waals surface area contributed by atoms with Crippen molar-refractivity contribution in [1.29, 1.82) is 0 Å². The molecule has 0 aromatic rings. The molecule has 2 heteroatoms. The molecule has 0 radical (unpaired) electrons. The van der Waals surface area contributed by atoms with Crippen LogP contribution in [-0.4, -0.2) is 23.9 Å². The lowest BCUT2D eigenvalue weighted by molar-refractivity contribution is 0.0470. The molecule has 3 unspecified atom stereocenters. The van der Waals surface area contributed by atoms with Crippen LogP contribution < -0.4 is 0 Å². The van der Waals surface area contributed by atoms with Crippen molar-refractivity contribution in [1.82, 2.24) is 0 Å². The van der Waals surface area contributed by atoms with Crippen LogP contribution in [0.25, 0.3) is 0 Å². The molecule has 14 heavy (non-hydrogen) atoms. The zero-order valence-corrected chi connectivity index (χ0v) is 8.95. The fourth-order valence-corrected chi connectivity index (χ4v) is 2.80. The Balaban J connectivity index is 1.67. The van der Waals surface area contributed by atoms with Crippen molar-refractivity contribution in [2.24, 2.45) is 5.92 Å². The van der Waals surface area contributed by atoms with Gasteiger partial charge >= 0.3 is 0 Å². The summed E-state index contributed by atoms with van der Waals surface area (Å²) in [4.78, 5) is 0. The molecule has 1 N–H and O–H groups in total. The standard InChI is InChI=1S/C12H22O2/c13-12-6-2-1-4-10(12)7-8-11-5-3-9-14-11/h10-13H,1-9H2. The fraction of sp³-hybridized carbons (Fsp3) is 1.00.